The molecule has 1 aromatic heterocycles. The number of primary amides is 1. The third-order valence-corrected chi connectivity index (χ3v) is 2.83. The van der Waals surface area contributed by atoms with E-state index in [0.717, 1.165) is 18.0 Å². The quantitative estimate of drug-likeness (QED) is 0.717. The molecule has 0 fully saturated rings. The summed E-state index contributed by atoms with van der Waals surface area (Å²) in [5.74, 6) is 1.63. The first-order valence-electron chi connectivity index (χ1n) is 7.06. The lowest BCUT2D eigenvalue weighted by molar-refractivity contribution is 0.259. The summed E-state index contributed by atoms with van der Waals surface area (Å²) >= 11 is 0. The van der Waals surface area contributed by atoms with E-state index in [4.69, 9.17) is 10.5 Å². The lowest BCUT2D eigenvalue weighted by atomic mass is 10.3. The summed E-state index contributed by atoms with van der Waals surface area (Å²) in [4.78, 5) is 20.9. The molecule has 0 saturated carbocycles. The number of hydrogen-bond acceptors (Lipinski definition) is 6. The average Bonchev–Trinajstić information content (AvgIpc) is 2.47. The molecule has 8 heteroatoms. The number of ether oxygens (including phenoxy) is 1. The Hall–Kier alpha value is -2.87. The molecule has 8 nitrogen and oxygen atoms in total. The lowest BCUT2D eigenvalue weighted by Gasteiger charge is -2.12. The van der Waals surface area contributed by atoms with E-state index in [9.17, 15) is 4.79 Å². The third kappa shape index (κ3) is 5.79. The van der Waals surface area contributed by atoms with Crippen LogP contribution in [0.1, 0.15) is 0 Å². The van der Waals surface area contributed by atoms with Crippen LogP contribution in [0.4, 0.5) is 22.1 Å². The molecular formula is C15H20N6O2. The molecule has 23 heavy (non-hydrogen) atoms. The number of nitrogens with two attached hydrogens (primary N) is 1. The molecule has 0 saturated heterocycles. The third-order valence-electron chi connectivity index (χ3n) is 2.83. The molecule has 2 amide bonds. The van der Waals surface area contributed by atoms with E-state index in [1.807, 2.05) is 38.4 Å². The van der Waals surface area contributed by atoms with Crippen LogP contribution in [0.3, 0.4) is 0 Å². The van der Waals surface area contributed by atoms with Crippen molar-refractivity contribution < 1.29 is 9.53 Å². The van der Waals surface area contributed by atoms with E-state index < -0.39 is 6.03 Å². The van der Waals surface area contributed by atoms with Gasteiger partial charge in [0, 0.05) is 24.4 Å². The maximum Gasteiger partial charge on any atom is 0.317 e. The van der Waals surface area contributed by atoms with Crippen molar-refractivity contribution in [1.29, 1.82) is 0 Å². The molecule has 0 bridgehead atoms. The first-order valence-corrected chi connectivity index (χ1v) is 7.06. The zero-order valence-corrected chi connectivity index (χ0v) is 13.1. The highest BCUT2D eigenvalue weighted by molar-refractivity contribution is 5.87. The number of urea groups is 1. The van der Waals surface area contributed by atoms with E-state index in [0.29, 0.717) is 18.2 Å². The molecule has 0 atom stereocenters. The first-order chi connectivity index (χ1) is 11.0. The number of nitrogens with one attached hydrogen (secondary N) is 2. The highest BCUT2D eigenvalue weighted by atomic mass is 16.5. The Kier molecular flexibility index (Phi) is 5.70. The predicted octanol–water partition coefficient (Wildman–Crippen LogP) is 1.65. The molecule has 2 rings (SSSR count). The number of amides is 2. The number of benzene rings is 1. The van der Waals surface area contributed by atoms with Gasteiger partial charge in [0.1, 0.15) is 30.3 Å². The van der Waals surface area contributed by atoms with Gasteiger partial charge in [0.15, 0.2) is 0 Å². The van der Waals surface area contributed by atoms with Gasteiger partial charge in [0.05, 0.1) is 0 Å². The van der Waals surface area contributed by atoms with Crippen LogP contribution in [0.5, 0.6) is 5.75 Å². The zero-order valence-electron chi connectivity index (χ0n) is 13.1. The van der Waals surface area contributed by atoms with Crippen molar-refractivity contribution in [2.24, 2.45) is 5.73 Å². The fourth-order valence-corrected chi connectivity index (χ4v) is 1.78. The maximum atomic E-state index is 10.8. The van der Waals surface area contributed by atoms with E-state index >= 15 is 0 Å². The first kappa shape index (κ1) is 16.5. The minimum Gasteiger partial charge on any atom is -0.492 e. The molecule has 0 aliphatic rings. The maximum absolute atomic E-state index is 10.8. The minimum atomic E-state index is -0.675. The standard InChI is InChI=1S/C15H20N6O2/c1-21(2)6-7-23-12-5-3-4-11(8-12)19-13-9-14(18-10-17-13)20-15(16)22/h3-5,8-10H,6-7H2,1-2H3,(H4,16,17,18,19,20,22). The SMILES string of the molecule is CN(C)CCOc1cccc(Nc2cc(NC(N)=O)ncn2)c1. The highest BCUT2D eigenvalue weighted by Gasteiger charge is 2.03. The molecule has 0 aliphatic heterocycles. The number of anilines is 3. The van der Waals surface area contributed by atoms with Gasteiger partial charge in [-0.05, 0) is 26.2 Å². The summed E-state index contributed by atoms with van der Waals surface area (Å²) in [7, 11) is 3.99. The number of likely N-dealkylation sites (N-methyl/N-ethyl adjacent to an activating group) is 1. The van der Waals surface area contributed by atoms with Crippen LogP contribution in [0.15, 0.2) is 36.7 Å². The number of carbonyl (C=O) groups is 1. The van der Waals surface area contributed by atoms with Crippen LogP contribution >= 0.6 is 0 Å². The van der Waals surface area contributed by atoms with Gasteiger partial charge in [-0.1, -0.05) is 6.07 Å². The Morgan fingerprint density at radius 2 is 2.04 bits per heavy atom. The molecule has 4 N–H and O–H groups in total. The fraction of sp³-hybridized carbons (Fsp3) is 0.267. The van der Waals surface area contributed by atoms with E-state index in [1.165, 1.54) is 6.33 Å². The smallest absolute Gasteiger partial charge is 0.317 e. The van der Waals surface area contributed by atoms with Crippen molar-refractivity contribution in [2.75, 3.05) is 37.9 Å². The fourth-order valence-electron chi connectivity index (χ4n) is 1.78. The van der Waals surface area contributed by atoms with Crippen molar-refractivity contribution in [2.45, 2.75) is 0 Å². The van der Waals surface area contributed by atoms with Gasteiger partial charge in [-0.25, -0.2) is 14.8 Å². The lowest BCUT2D eigenvalue weighted by Crippen LogP contribution is -2.20. The Labute approximate surface area is 134 Å². The minimum absolute atomic E-state index is 0.327. The Morgan fingerprint density at radius 3 is 2.78 bits per heavy atom. The van der Waals surface area contributed by atoms with Crippen molar-refractivity contribution in [1.82, 2.24) is 14.9 Å². The number of aromatic nitrogens is 2. The van der Waals surface area contributed by atoms with Crippen LogP contribution in [-0.4, -0.2) is 48.1 Å². The van der Waals surface area contributed by atoms with Gasteiger partial charge >= 0.3 is 6.03 Å². The second-order valence-corrected chi connectivity index (χ2v) is 5.08. The van der Waals surface area contributed by atoms with E-state index in [-0.39, 0.29) is 0 Å². The van der Waals surface area contributed by atoms with Crippen LogP contribution in [-0.2, 0) is 0 Å². The van der Waals surface area contributed by atoms with Crippen LogP contribution in [0.2, 0.25) is 0 Å². The monoisotopic (exact) mass is 316 g/mol. The van der Waals surface area contributed by atoms with Gasteiger partial charge in [0.2, 0.25) is 0 Å². The summed E-state index contributed by atoms with van der Waals surface area (Å²) in [6.45, 7) is 1.45. The number of hydrogen-bond donors (Lipinski definition) is 3. The van der Waals surface area contributed by atoms with Gasteiger partial charge in [-0.2, -0.15) is 0 Å². The predicted molar refractivity (Wildman–Crippen MR) is 89.0 cm³/mol. The van der Waals surface area contributed by atoms with Gasteiger partial charge in [-0.15, -0.1) is 0 Å². The Balaban J connectivity index is 2.01. The van der Waals surface area contributed by atoms with Crippen molar-refractivity contribution in [3.05, 3.63) is 36.7 Å². The highest BCUT2D eigenvalue weighted by Crippen LogP contribution is 2.21. The number of rotatable bonds is 7. The molecule has 122 valence electrons. The summed E-state index contributed by atoms with van der Waals surface area (Å²) < 4.78 is 5.68. The molecule has 1 aromatic carbocycles. The van der Waals surface area contributed by atoms with Gasteiger partial charge in [0.25, 0.3) is 0 Å². The normalized spacial score (nSPS) is 10.4. The zero-order chi connectivity index (χ0) is 16.7. The molecule has 2 aromatic rings. The van der Waals surface area contributed by atoms with Crippen molar-refractivity contribution in [3.8, 4) is 5.75 Å². The topological polar surface area (TPSA) is 105 Å². The van der Waals surface area contributed by atoms with Crippen LogP contribution in [0, 0.1) is 0 Å². The van der Waals surface area contributed by atoms with Gasteiger partial charge in [-0.3, -0.25) is 5.32 Å². The Bertz CT molecular complexity index is 662. The molecule has 0 spiro atoms. The van der Waals surface area contributed by atoms with Crippen molar-refractivity contribution >= 4 is 23.4 Å². The van der Waals surface area contributed by atoms with Crippen molar-refractivity contribution in [3.63, 3.8) is 0 Å². The largest absolute Gasteiger partial charge is 0.492 e. The molecular weight excluding hydrogens is 296 g/mol. The summed E-state index contributed by atoms with van der Waals surface area (Å²) in [6.07, 6.45) is 1.34. The van der Waals surface area contributed by atoms with E-state index in [2.05, 4.69) is 25.5 Å². The second-order valence-electron chi connectivity index (χ2n) is 5.08. The molecule has 0 radical (unpaired) electrons. The summed E-state index contributed by atoms with van der Waals surface area (Å²) in [6, 6.07) is 8.45. The number of carbonyl (C=O) groups excluding carboxylic acids is 1. The summed E-state index contributed by atoms with van der Waals surface area (Å²) in [5.41, 5.74) is 5.88. The average molecular weight is 316 g/mol. The molecule has 0 aliphatic carbocycles. The number of nitrogens with zero attached hydrogens (tertiary/aromatic N) is 3. The Morgan fingerprint density at radius 1 is 1.26 bits per heavy atom. The molecule has 1 heterocycles. The van der Waals surface area contributed by atoms with Crippen LogP contribution < -0.4 is 21.1 Å². The second kappa shape index (κ2) is 7.95. The molecule has 0 unspecified atom stereocenters. The van der Waals surface area contributed by atoms with E-state index in [1.54, 1.807) is 6.07 Å². The summed E-state index contributed by atoms with van der Waals surface area (Å²) in [5, 5.41) is 5.52. The van der Waals surface area contributed by atoms with Gasteiger partial charge < -0.3 is 20.7 Å². The van der Waals surface area contributed by atoms with Crippen LogP contribution in [0.25, 0.3) is 0 Å².